The van der Waals surface area contributed by atoms with Gasteiger partial charge in [-0.25, -0.2) is 10.2 Å². The molecule has 0 aromatic heterocycles. The van der Waals surface area contributed by atoms with Crippen LogP contribution in [0, 0.1) is 0 Å². The Morgan fingerprint density at radius 1 is 1.04 bits per heavy atom. The molecule has 4 N–H and O–H groups in total. The summed E-state index contributed by atoms with van der Waals surface area (Å²) in [4.78, 5) is 10.9. The maximum absolute atomic E-state index is 10.9. The average molecular weight is 333 g/mol. The van der Waals surface area contributed by atoms with Gasteiger partial charge < -0.3 is 10.8 Å². The minimum Gasteiger partial charge on any atom is -0.507 e. The number of primary amides is 1. The topological polar surface area (TPSA) is 87.7 Å². The summed E-state index contributed by atoms with van der Waals surface area (Å²) >= 11 is 0. The molecule has 1 rings (SSSR count). The number of para-hydroxylation sites is 1. The summed E-state index contributed by atoms with van der Waals surface area (Å²) in [5.74, 6) is 0.165. The molecule has 0 atom stereocenters. The van der Waals surface area contributed by atoms with E-state index in [2.05, 4.69) is 17.5 Å². The summed E-state index contributed by atoms with van der Waals surface area (Å²) in [6.07, 6.45) is 11.9. The van der Waals surface area contributed by atoms with Crippen molar-refractivity contribution in [3.05, 3.63) is 29.8 Å². The lowest BCUT2D eigenvalue weighted by Gasteiger charge is -2.09. The molecule has 0 heterocycles. The Kier molecular flexibility index (Phi) is 10.3. The minimum absolute atomic E-state index is 0.165. The molecule has 0 saturated heterocycles. The fraction of sp³-hybridized carbons (Fsp3) is 0.579. The number of unbranched alkanes of at least 4 members (excludes halogenated alkanes) is 8. The van der Waals surface area contributed by atoms with Gasteiger partial charge in [0.15, 0.2) is 0 Å². The van der Waals surface area contributed by atoms with E-state index < -0.39 is 6.03 Å². The second-order valence-corrected chi connectivity index (χ2v) is 6.13. The summed E-state index contributed by atoms with van der Waals surface area (Å²) in [7, 11) is 0. The number of carbonyl (C=O) groups excluding carboxylic acids is 1. The van der Waals surface area contributed by atoms with E-state index in [0.717, 1.165) is 12.8 Å². The van der Waals surface area contributed by atoms with Crippen molar-refractivity contribution in [1.82, 2.24) is 5.43 Å². The van der Waals surface area contributed by atoms with Crippen LogP contribution >= 0.6 is 0 Å². The van der Waals surface area contributed by atoms with Crippen molar-refractivity contribution < 1.29 is 9.90 Å². The van der Waals surface area contributed by atoms with Gasteiger partial charge >= 0.3 is 6.03 Å². The van der Waals surface area contributed by atoms with Crippen LogP contribution in [0.25, 0.3) is 0 Å². The zero-order chi connectivity index (χ0) is 17.6. The number of urea groups is 1. The summed E-state index contributed by atoms with van der Waals surface area (Å²) in [6.45, 7) is 2.23. The monoisotopic (exact) mass is 333 g/mol. The van der Waals surface area contributed by atoms with Crippen LogP contribution in [0.15, 0.2) is 29.4 Å². The van der Waals surface area contributed by atoms with Gasteiger partial charge in [0.1, 0.15) is 5.75 Å². The number of aromatic hydroxyl groups is 1. The van der Waals surface area contributed by atoms with Crippen molar-refractivity contribution in [2.24, 2.45) is 10.8 Å². The Labute approximate surface area is 145 Å². The lowest BCUT2D eigenvalue weighted by atomic mass is 10.0. The van der Waals surface area contributed by atoms with Gasteiger partial charge in [-0.3, -0.25) is 0 Å². The molecular weight excluding hydrogens is 302 g/mol. The molecule has 5 nitrogen and oxygen atoms in total. The van der Waals surface area contributed by atoms with Gasteiger partial charge in [-0.2, -0.15) is 5.10 Å². The number of nitrogens with two attached hydrogens (primary N) is 1. The first kappa shape index (κ1) is 20.0. The van der Waals surface area contributed by atoms with Gasteiger partial charge in [0.25, 0.3) is 0 Å². The first-order chi connectivity index (χ1) is 11.6. The Bertz CT molecular complexity index is 515. The largest absolute Gasteiger partial charge is 0.507 e. The van der Waals surface area contributed by atoms with E-state index in [9.17, 15) is 9.90 Å². The van der Waals surface area contributed by atoms with E-state index in [1.165, 1.54) is 44.9 Å². The number of amides is 2. The quantitative estimate of drug-likeness (QED) is 0.294. The molecule has 0 unspecified atom stereocenters. The van der Waals surface area contributed by atoms with Crippen LogP contribution in [0.2, 0.25) is 0 Å². The third-order valence-corrected chi connectivity index (χ3v) is 4.03. The average Bonchev–Trinajstić information content (AvgIpc) is 2.56. The predicted octanol–water partition coefficient (Wildman–Crippen LogP) is 4.69. The maximum atomic E-state index is 10.9. The predicted molar refractivity (Wildman–Crippen MR) is 99.2 cm³/mol. The molecule has 0 bridgehead atoms. The van der Waals surface area contributed by atoms with Crippen LogP contribution in [0.1, 0.15) is 76.7 Å². The first-order valence-corrected chi connectivity index (χ1v) is 9.05. The van der Waals surface area contributed by atoms with Crippen LogP contribution in [0.3, 0.4) is 0 Å². The lowest BCUT2D eigenvalue weighted by molar-refractivity contribution is 0.249. The van der Waals surface area contributed by atoms with Crippen molar-refractivity contribution in [3.63, 3.8) is 0 Å². The summed E-state index contributed by atoms with van der Waals surface area (Å²) in [5.41, 5.74) is 8.66. The number of nitrogens with zero attached hydrogens (tertiary/aromatic N) is 1. The van der Waals surface area contributed by atoms with Crippen molar-refractivity contribution in [3.8, 4) is 5.75 Å². The third kappa shape index (κ3) is 8.56. The molecule has 24 heavy (non-hydrogen) atoms. The maximum Gasteiger partial charge on any atom is 0.332 e. The molecule has 0 saturated carbocycles. The molecule has 0 radical (unpaired) electrons. The van der Waals surface area contributed by atoms with Crippen molar-refractivity contribution in [2.45, 2.75) is 71.1 Å². The van der Waals surface area contributed by atoms with E-state index >= 15 is 0 Å². The standard InChI is InChI=1S/C19H31N3O2/c1-2-3-4-5-6-7-8-9-10-14-17(21-22-19(20)24)16-13-11-12-15-18(16)23/h11-13,15,23H,2-10,14H2,1H3,(H3,20,22,24)/b21-17+. The van der Waals surface area contributed by atoms with Crippen LogP contribution in [-0.2, 0) is 0 Å². The fourth-order valence-electron chi connectivity index (χ4n) is 2.69. The number of carbonyl (C=O) groups is 1. The smallest absolute Gasteiger partial charge is 0.332 e. The molecule has 0 spiro atoms. The Morgan fingerprint density at radius 2 is 1.62 bits per heavy atom. The summed E-state index contributed by atoms with van der Waals surface area (Å²) in [5, 5.41) is 14.0. The van der Waals surface area contributed by atoms with Gasteiger partial charge in [-0.1, -0.05) is 70.4 Å². The Balaban J connectivity index is 2.37. The molecule has 0 aliphatic carbocycles. The minimum atomic E-state index is -0.699. The fourth-order valence-corrected chi connectivity index (χ4v) is 2.69. The van der Waals surface area contributed by atoms with Gasteiger partial charge in [0.2, 0.25) is 0 Å². The second-order valence-electron chi connectivity index (χ2n) is 6.13. The molecule has 134 valence electrons. The van der Waals surface area contributed by atoms with Crippen LogP contribution in [-0.4, -0.2) is 16.8 Å². The number of hydrogen-bond donors (Lipinski definition) is 3. The molecule has 0 fully saturated rings. The molecule has 1 aromatic rings. The number of hydrazone groups is 1. The van der Waals surface area contributed by atoms with E-state index in [4.69, 9.17) is 5.73 Å². The van der Waals surface area contributed by atoms with Crippen molar-refractivity contribution in [2.75, 3.05) is 0 Å². The van der Waals surface area contributed by atoms with Crippen molar-refractivity contribution >= 4 is 11.7 Å². The van der Waals surface area contributed by atoms with Crippen molar-refractivity contribution in [1.29, 1.82) is 0 Å². The van der Waals surface area contributed by atoms with E-state index in [0.29, 0.717) is 17.7 Å². The molecule has 0 aliphatic heterocycles. The zero-order valence-corrected chi connectivity index (χ0v) is 14.8. The normalized spacial score (nSPS) is 11.5. The van der Waals surface area contributed by atoms with E-state index in [-0.39, 0.29) is 5.75 Å². The Morgan fingerprint density at radius 3 is 2.21 bits per heavy atom. The molecule has 0 aliphatic rings. The highest BCUT2D eigenvalue weighted by Crippen LogP contribution is 2.20. The number of phenols is 1. The first-order valence-electron chi connectivity index (χ1n) is 9.05. The molecule has 5 heteroatoms. The third-order valence-electron chi connectivity index (χ3n) is 4.03. The number of nitrogens with one attached hydrogen (secondary N) is 1. The molecule has 1 aromatic carbocycles. The van der Waals surface area contributed by atoms with Crippen LogP contribution in [0.4, 0.5) is 4.79 Å². The molecular formula is C19H31N3O2. The summed E-state index contributed by atoms with van der Waals surface area (Å²) < 4.78 is 0. The number of hydrogen-bond acceptors (Lipinski definition) is 3. The summed E-state index contributed by atoms with van der Waals surface area (Å²) in [6, 6.07) is 6.31. The Hall–Kier alpha value is -2.04. The van der Waals surface area contributed by atoms with Gasteiger partial charge in [0.05, 0.1) is 5.71 Å². The van der Waals surface area contributed by atoms with Crippen LogP contribution in [0.5, 0.6) is 5.75 Å². The van der Waals surface area contributed by atoms with Gasteiger partial charge in [-0.15, -0.1) is 0 Å². The van der Waals surface area contributed by atoms with Gasteiger partial charge in [-0.05, 0) is 25.0 Å². The van der Waals surface area contributed by atoms with E-state index in [1.807, 2.05) is 6.07 Å². The number of phenolic OH excluding ortho intramolecular Hbond substituents is 1. The number of rotatable bonds is 12. The highest BCUT2D eigenvalue weighted by Gasteiger charge is 2.09. The lowest BCUT2D eigenvalue weighted by Crippen LogP contribution is -2.26. The zero-order valence-electron chi connectivity index (χ0n) is 14.8. The van der Waals surface area contributed by atoms with Gasteiger partial charge in [0, 0.05) is 5.56 Å². The van der Waals surface area contributed by atoms with E-state index in [1.54, 1.807) is 18.2 Å². The van der Waals surface area contributed by atoms with Crippen LogP contribution < -0.4 is 11.2 Å². The number of benzene rings is 1. The second kappa shape index (κ2) is 12.4. The highest BCUT2D eigenvalue weighted by atomic mass is 16.3. The molecule has 2 amide bonds. The SMILES string of the molecule is CCCCCCCCCCC/C(=N\NC(N)=O)c1ccccc1O. The highest BCUT2D eigenvalue weighted by molar-refractivity contribution is 6.03.